The Balaban J connectivity index is 0.982. The van der Waals surface area contributed by atoms with Gasteiger partial charge in [-0.15, -0.1) is 0 Å². The summed E-state index contributed by atoms with van der Waals surface area (Å²) < 4.78 is 10.9. The van der Waals surface area contributed by atoms with Crippen molar-refractivity contribution in [2.75, 3.05) is 0 Å². The van der Waals surface area contributed by atoms with Gasteiger partial charge < -0.3 is 9.30 Å². The standard InChI is InChI=1S/C56H34N4O/c1-3-14-35(15-4-1)39-30-40(36-16-5-2-6-17-36)32-41(31-39)59-48-22-10-7-18-42(48)45-33-37(26-28-50(45)59)38-27-29-51-46(34-38)43-19-8-11-23-49(43)60(51)56-57-47-21-13-25-53-54(47)55(58-56)44-20-9-12-24-52(44)61-53/h1-34H. The molecule has 284 valence electrons. The van der Waals surface area contributed by atoms with Crippen molar-refractivity contribution in [2.24, 2.45) is 0 Å². The van der Waals surface area contributed by atoms with E-state index in [0.29, 0.717) is 5.95 Å². The summed E-state index contributed by atoms with van der Waals surface area (Å²) in [6.07, 6.45) is 0. The maximum atomic E-state index is 6.30. The molecule has 0 saturated heterocycles. The lowest BCUT2D eigenvalue weighted by atomic mass is 9.98. The zero-order chi connectivity index (χ0) is 40.0. The third-order valence-electron chi connectivity index (χ3n) is 12.3. The van der Waals surface area contributed by atoms with Gasteiger partial charge in [0.15, 0.2) is 0 Å². The number of hydrogen-bond acceptors (Lipinski definition) is 3. The molecule has 0 unspecified atom stereocenters. The number of hydrogen-bond donors (Lipinski definition) is 0. The van der Waals surface area contributed by atoms with Gasteiger partial charge in [0.05, 0.1) is 38.7 Å². The Morgan fingerprint density at radius 2 is 0.885 bits per heavy atom. The van der Waals surface area contributed by atoms with Crippen molar-refractivity contribution in [3.63, 3.8) is 0 Å². The van der Waals surface area contributed by atoms with Gasteiger partial charge in [-0.25, -0.2) is 9.97 Å². The summed E-state index contributed by atoms with van der Waals surface area (Å²) in [5.74, 6) is 2.22. The van der Waals surface area contributed by atoms with Crippen molar-refractivity contribution in [1.82, 2.24) is 19.1 Å². The van der Waals surface area contributed by atoms with Crippen LogP contribution in [-0.2, 0) is 0 Å². The number of ether oxygens (including phenoxy) is 1. The van der Waals surface area contributed by atoms with E-state index in [4.69, 9.17) is 14.7 Å². The second-order valence-corrected chi connectivity index (χ2v) is 15.8. The van der Waals surface area contributed by atoms with Crippen LogP contribution >= 0.6 is 0 Å². The van der Waals surface area contributed by atoms with E-state index in [1.807, 2.05) is 36.4 Å². The quantitative estimate of drug-likeness (QED) is 0.175. The topological polar surface area (TPSA) is 44.9 Å². The van der Waals surface area contributed by atoms with E-state index >= 15 is 0 Å². The molecule has 5 heteroatoms. The average molecular weight is 779 g/mol. The normalized spacial score (nSPS) is 12.1. The van der Waals surface area contributed by atoms with Crippen molar-refractivity contribution < 1.29 is 4.74 Å². The predicted octanol–water partition coefficient (Wildman–Crippen LogP) is 14.6. The summed E-state index contributed by atoms with van der Waals surface area (Å²) in [7, 11) is 0. The van der Waals surface area contributed by atoms with E-state index in [-0.39, 0.29) is 0 Å². The molecule has 12 aromatic rings. The van der Waals surface area contributed by atoms with Gasteiger partial charge in [-0.05, 0) is 112 Å². The molecule has 0 fully saturated rings. The fourth-order valence-corrected chi connectivity index (χ4v) is 9.52. The van der Waals surface area contributed by atoms with Crippen LogP contribution in [0.5, 0.6) is 11.5 Å². The first-order valence-corrected chi connectivity index (χ1v) is 20.6. The molecule has 0 atom stereocenters. The van der Waals surface area contributed by atoms with E-state index in [1.54, 1.807) is 0 Å². The van der Waals surface area contributed by atoms with Crippen molar-refractivity contribution in [3.05, 3.63) is 206 Å². The second-order valence-electron chi connectivity index (χ2n) is 15.8. The van der Waals surface area contributed by atoms with Crippen molar-refractivity contribution in [3.8, 4) is 67.8 Å². The molecule has 9 aromatic carbocycles. The molecule has 1 aliphatic rings. The first kappa shape index (κ1) is 33.7. The number of para-hydroxylation sites is 3. The minimum absolute atomic E-state index is 0.635. The molecule has 4 heterocycles. The van der Waals surface area contributed by atoms with Crippen LogP contribution in [0.25, 0.3) is 111 Å². The molecular weight excluding hydrogens is 745 g/mol. The highest BCUT2D eigenvalue weighted by atomic mass is 16.5. The van der Waals surface area contributed by atoms with E-state index in [0.717, 1.165) is 72.3 Å². The predicted molar refractivity (Wildman–Crippen MR) is 250 cm³/mol. The minimum Gasteiger partial charge on any atom is -0.456 e. The van der Waals surface area contributed by atoms with Crippen molar-refractivity contribution >= 4 is 54.5 Å². The minimum atomic E-state index is 0.635. The number of benzene rings is 9. The Morgan fingerprint density at radius 1 is 0.344 bits per heavy atom. The number of nitrogens with zero attached hydrogens (tertiary/aromatic N) is 4. The summed E-state index contributed by atoms with van der Waals surface area (Å²) in [5, 5.41) is 5.67. The lowest BCUT2D eigenvalue weighted by Gasteiger charge is -2.20. The highest BCUT2D eigenvalue weighted by Gasteiger charge is 2.25. The molecule has 61 heavy (non-hydrogen) atoms. The molecule has 0 aliphatic carbocycles. The molecule has 0 N–H and O–H groups in total. The Morgan fingerprint density at radius 3 is 1.56 bits per heavy atom. The third-order valence-corrected chi connectivity index (χ3v) is 12.3. The fraction of sp³-hybridized carbons (Fsp3) is 0. The molecule has 0 radical (unpaired) electrons. The first-order chi connectivity index (χ1) is 30.2. The first-order valence-electron chi connectivity index (χ1n) is 20.6. The molecule has 5 nitrogen and oxygen atoms in total. The van der Waals surface area contributed by atoms with Crippen LogP contribution in [0.1, 0.15) is 0 Å². The Labute approximate surface area is 351 Å². The van der Waals surface area contributed by atoms with Crippen molar-refractivity contribution in [1.29, 1.82) is 0 Å². The number of aromatic nitrogens is 4. The van der Waals surface area contributed by atoms with Gasteiger partial charge in [-0.1, -0.05) is 127 Å². The second kappa shape index (κ2) is 13.1. The van der Waals surface area contributed by atoms with Gasteiger partial charge in [-0.3, -0.25) is 4.57 Å². The lowest BCUT2D eigenvalue weighted by molar-refractivity contribution is 0.486. The van der Waals surface area contributed by atoms with Gasteiger partial charge in [0.1, 0.15) is 11.5 Å². The zero-order valence-corrected chi connectivity index (χ0v) is 32.8. The van der Waals surface area contributed by atoms with Gasteiger partial charge in [0.2, 0.25) is 5.95 Å². The number of fused-ring (bicyclic) bond motifs is 8. The van der Waals surface area contributed by atoms with E-state index in [2.05, 4.69) is 179 Å². The highest BCUT2D eigenvalue weighted by Crippen LogP contribution is 2.46. The fourth-order valence-electron chi connectivity index (χ4n) is 9.52. The maximum absolute atomic E-state index is 6.30. The molecule has 0 saturated carbocycles. The van der Waals surface area contributed by atoms with E-state index in [9.17, 15) is 0 Å². The van der Waals surface area contributed by atoms with Crippen LogP contribution < -0.4 is 4.74 Å². The van der Waals surface area contributed by atoms with E-state index < -0.39 is 0 Å². The molecular formula is C56H34N4O. The molecule has 1 aliphatic heterocycles. The van der Waals surface area contributed by atoms with E-state index in [1.165, 1.54) is 44.1 Å². The SMILES string of the molecule is c1ccc(-c2cc(-c3ccccc3)cc(-n3c4ccccc4c4cc(-c5ccc6c(c5)c5ccccc5n6-c5nc6c7c(cccc7n5)Oc5ccccc5-6)ccc43)c2)cc1. The van der Waals surface area contributed by atoms with Gasteiger partial charge >= 0.3 is 0 Å². The van der Waals surface area contributed by atoms with Crippen LogP contribution in [0.2, 0.25) is 0 Å². The Kier molecular flexibility index (Phi) is 7.24. The zero-order valence-electron chi connectivity index (χ0n) is 32.8. The summed E-state index contributed by atoms with van der Waals surface area (Å²) >= 11 is 0. The maximum Gasteiger partial charge on any atom is 0.235 e. The van der Waals surface area contributed by atoms with Crippen LogP contribution in [0.4, 0.5) is 0 Å². The average Bonchev–Trinajstić information content (AvgIpc) is 3.84. The Hall–Kier alpha value is -8.28. The third kappa shape index (κ3) is 5.21. The smallest absolute Gasteiger partial charge is 0.235 e. The molecule has 13 rings (SSSR count). The van der Waals surface area contributed by atoms with Crippen LogP contribution in [0, 0.1) is 0 Å². The highest BCUT2D eigenvalue weighted by molar-refractivity contribution is 6.13. The van der Waals surface area contributed by atoms with Gasteiger partial charge in [-0.2, -0.15) is 0 Å². The van der Waals surface area contributed by atoms with Crippen LogP contribution in [0.15, 0.2) is 206 Å². The molecule has 0 spiro atoms. The molecule has 0 bridgehead atoms. The lowest BCUT2D eigenvalue weighted by Crippen LogP contribution is -2.06. The molecule has 3 aromatic heterocycles. The van der Waals surface area contributed by atoms with Crippen LogP contribution in [-0.4, -0.2) is 19.1 Å². The summed E-state index contributed by atoms with van der Waals surface area (Å²) in [6, 6.07) is 73.5. The van der Waals surface area contributed by atoms with Crippen LogP contribution in [0.3, 0.4) is 0 Å². The van der Waals surface area contributed by atoms with Gasteiger partial charge in [0.25, 0.3) is 0 Å². The monoisotopic (exact) mass is 778 g/mol. The van der Waals surface area contributed by atoms with Crippen molar-refractivity contribution in [2.45, 2.75) is 0 Å². The Bertz CT molecular complexity index is 3680. The van der Waals surface area contributed by atoms with Gasteiger partial charge in [0, 0.05) is 32.8 Å². The summed E-state index contributed by atoms with van der Waals surface area (Å²) in [4.78, 5) is 10.5. The summed E-state index contributed by atoms with van der Waals surface area (Å²) in [5.41, 5.74) is 15.4. The summed E-state index contributed by atoms with van der Waals surface area (Å²) in [6.45, 7) is 0. The number of rotatable bonds is 5. The largest absolute Gasteiger partial charge is 0.456 e. The molecule has 0 amide bonds.